The molecule has 0 aliphatic heterocycles. The Morgan fingerprint density at radius 2 is 2.13 bits per heavy atom. The molecule has 1 N–H and O–H groups in total. The highest BCUT2D eigenvalue weighted by atomic mass is 16.4. The summed E-state index contributed by atoms with van der Waals surface area (Å²) in [6, 6.07) is 0. The van der Waals surface area contributed by atoms with Gasteiger partial charge in [0.15, 0.2) is 11.5 Å². The molecule has 0 amide bonds. The van der Waals surface area contributed by atoms with Gasteiger partial charge in [-0.1, -0.05) is 0 Å². The Labute approximate surface area is 85.2 Å². The third-order valence-electron chi connectivity index (χ3n) is 1.81. The lowest BCUT2D eigenvalue weighted by molar-refractivity contribution is 0.0690. The van der Waals surface area contributed by atoms with Gasteiger partial charge in [0.1, 0.15) is 0 Å². The fourth-order valence-electron chi connectivity index (χ4n) is 1.18. The topological polar surface area (TPSA) is 80.9 Å². The van der Waals surface area contributed by atoms with Crippen LogP contribution in [0, 0.1) is 6.92 Å². The van der Waals surface area contributed by atoms with E-state index in [-0.39, 0.29) is 11.5 Å². The van der Waals surface area contributed by atoms with Gasteiger partial charge in [-0.05, 0) is 12.5 Å². The molecule has 0 atom stereocenters. The summed E-state index contributed by atoms with van der Waals surface area (Å²) in [5.74, 6) is -0.899. The van der Waals surface area contributed by atoms with Crippen molar-refractivity contribution >= 4 is 5.97 Å². The maximum absolute atomic E-state index is 10.9. The van der Waals surface area contributed by atoms with Crippen molar-refractivity contribution in [2.24, 2.45) is 0 Å². The summed E-state index contributed by atoms with van der Waals surface area (Å²) in [5.41, 5.74) is 0.817. The van der Waals surface area contributed by atoms with E-state index >= 15 is 0 Å². The lowest BCUT2D eigenvalue weighted by Crippen LogP contribution is -2.10. The van der Waals surface area contributed by atoms with E-state index < -0.39 is 5.97 Å². The number of rotatable bonds is 2. The molecule has 0 aromatic carbocycles. The highest BCUT2D eigenvalue weighted by Crippen LogP contribution is 2.08. The van der Waals surface area contributed by atoms with Gasteiger partial charge in [-0.25, -0.2) is 19.4 Å². The molecule has 2 rings (SSSR count). The van der Waals surface area contributed by atoms with Crippen LogP contribution in [0.4, 0.5) is 0 Å². The van der Waals surface area contributed by atoms with E-state index in [2.05, 4.69) is 15.1 Å². The van der Waals surface area contributed by atoms with Crippen LogP contribution in [0.5, 0.6) is 0 Å². The van der Waals surface area contributed by atoms with Crippen LogP contribution in [0.1, 0.15) is 16.1 Å². The number of carbonyl (C=O) groups is 1. The van der Waals surface area contributed by atoms with Crippen LogP contribution in [0.3, 0.4) is 0 Å². The van der Waals surface area contributed by atoms with E-state index in [0.29, 0.717) is 0 Å². The molecule has 2 aromatic rings. The van der Waals surface area contributed by atoms with Gasteiger partial charge in [-0.3, -0.25) is 0 Å². The van der Waals surface area contributed by atoms with Gasteiger partial charge in [-0.15, -0.1) is 0 Å². The van der Waals surface area contributed by atoms with Gasteiger partial charge in [0.2, 0.25) is 0 Å². The molecule has 76 valence electrons. The summed E-state index contributed by atoms with van der Waals surface area (Å²) >= 11 is 0. The molecule has 0 saturated carbocycles. The minimum atomic E-state index is -1.12. The minimum Gasteiger partial charge on any atom is -0.476 e. The molecule has 0 bridgehead atoms. The Morgan fingerprint density at radius 3 is 2.73 bits per heavy atom. The van der Waals surface area contributed by atoms with Gasteiger partial charge in [0.05, 0.1) is 6.20 Å². The third-order valence-corrected chi connectivity index (χ3v) is 1.81. The van der Waals surface area contributed by atoms with E-state index in [9.17, 15) is 4.79 Å². The number of aromatic carboxylic acids is 1. The fourth-order valence-corrected chi connectivity index (χ4v) is 1.18. The van der Waals surface area contributed by atoms with Crippen LogP contribution in [0.25, 0.3) is 5.82 Å². The first-order valence-corrected chi connectivity index (χ1v) is 4.24. The number of carboxylic acid groups (broad SMARTS) is 1. The van der Waals surface area contributed by atoms with Crippen LogP contribution >= 0.6 is 0 Å². The number of nitrogens with zero attached hydrogens (tertiary/aromatic N) is 4. The van der Waals surface area contributed by atoms with E-state index in [1.165, 1.54) is 17.1 Å². The Bertz CT molecular complexity index is 506. The van der Waals surface area contributed by atoms with E-state index in [1.807, 2.05) is 6.92 Å². The summed E-state index contributed by atoms with van der Waals surface area (Å²) in [6.45, 7) is 1.86. The van der Waals surface area contributed by atoms with Gasteiger partial charge in [-0.2, -0.15) is 5.10 Å². The number of aryl methyl sites for hydroxylation is 1. The Hall–Kier alpha value is -2.24. The lowest BCUT2D eigenvalue weighted by Gasteiger charge is -2.02. The Balaban J connectivity index is 2.57. The zero-order valence-corrected chi connectivity index (χ0v) is 7.95. The highest BCUT2D eigenvalue weighted by molar-refractivity contribution is 5.88. The van der Waals surface area contributed by atoms with Crippen molar-refractivity contribution < 1.29 is 9.90 Å². The summed E-state index contributed by atoms with van der Waals surface area (Å²) in [5, 5.41) is 12.9. The van der Waals surface area contributed by atoms with Gasteiger partial charge in [0.25, 0.3) is 0 Å². The molecule has 0 fully saturated rings. The maximum atomic E-state index is 10.9. The van der Waals surface area contributed by atoms with Gasteiger partial charge < -0.3 is 5.11 Å². The molecule has 15 heavy (non-hydrogen) atoms. The smallest absolute Gasteiger partial charge is 0.358 e. The number of hydrogen-bond donors (Lipinski definition) is 1. The van der Waals surface area contributed by atoms with Gasteiger partial charge in [0, 0.05) is 18.6 Å². The average Bonchev–Trinajstić information content (AvgIpc) is 2.65. The van der Waals surface area contributed by atoms with Crippen molar-refractivity contribution in [2.45, 2.75) is 6.92 Å². The molecule has 0 aliphatic carbocycles. The van der Waals surface area contributed by atoms with Crippen molar-refractivity contribution in [1.82, 2.24) is 19.7 Å². The quantitative estimate of drug-likeness (QED) is 0.777. The summed E-state index contributed by atoms with van der Waals surface area (Å²) in [4.78, 5) is 18.5. The minimum absolute atomic E-state index is 0.111. The predicted molar refractivity (Wildman–Crippen MR) is 50.9 cm³/mol. The second-order valence-electron chi connectivity index (χ2n) is 3.00. The van der Waals surface area contributed by atoms with Crippen molar-refractivity contribution in [1.29, 1.82) is 0 Å². The maximum Gasteiger partial charge on any atom is 0.358 e. The molecule has 0 radical (unpaired) electrons. The molecular weight excluding hydrogens is 196 g/mol. The van der Waals surface area contributed by atoms with Crippen molar-refractivity contribution in [3.05, 3.63) is 36.0 Å². The highest BCUT2D eigenvalue weighted by Gasteiger charge is 2.14. The molecule has 6 nitrogen and oxygen atoms in total. The van der Waals surface area contributed by atoms with E-state index in [1.54, 1.807) is 12.4 Å². The largest absolute Gasteiger partial charge is 0.476 e. The number of carboxylic acids is 1. The summed E-state index contributed by atoms with van der Waals surface area (Å²) in [7, 11) is 0. The lowest BCUT2D eigenvalue weighted by atomic mass is 10.4. The number of hydrogen-bond acceptors (Lipinski definition) is 4. The molecular formula is C9H8N4O2. The Kier molecular flexibility index (Phi) is 2.17. The second kappa shape index (κ2) is 3.49. The van der Waals surface area contributed by atoms with Crippen molar-refractivity contribution in [2.75, 3.05) is 0 Å². The first kappa shape index (κ1) is 9.32. The summed E-state index contributed by atoms with van der Waals surface area (Å²) in [6.07, 6.45) is 6.08. The first-order chi connectivity index (χ1) is 7.18. The van der Waals surface area contributed by atoms with E-state index in [4.69, 9.17) is 5.11 Å². The van der Waals surface area contributed by atoms with E-state index in [0.717, 1.165) is 5.56 Å². The van der Waals surface area contributed by atoms with Crippen molar-refractivity contribution in [3.63, 3.8) is 0 Å². The molecule has 6 heteroatoms. The van der Waals surface area contributed by atoms with Gasteiger partial charge >= 0.3 is 5.97 Å². The van der Waals surface area contributed by atoms with Crippen LogP contribution in [-0.2, 0) is 0 Å². The van der Waals surface area contributed by atoms with Crippen LogP contribution in [-0.4, -0.2) is 30.8 Å². The third kappa shape index (κ3) is 1.69. The molecule has 0 aliphatic rings. The zero-order chi connectivity index (χ0) is 10.8. The van der Waals surface area contributed by atoms with Crippen LogP contribution in [0.15, 0.2) is 24.8 Å². The van der Waals surface area contributed by atoms with Crippen LogP contribution < -0.4 is 0 Å². The standard InChI is InChI=1S/C9H8N4O2/c1-6-4-12-13(5-6)8-7(9(14)15)10-2-3-11-8/h2-5H,1H3,(H,14,15). The first-order valence-electron chi connectivity index (χ1n) is 4.24. The number of aromatic nitrogens is 4. The van der Waals surface area contributed by atoms with Crippen molar-refractivity contribution in [3.8, 4) is 5.82 Å². The second-order valence-corrected chi connectivity index (χ2v) is 3.00. The van der Waals surface area contributed by atoms with Crippen LogP contribution in [0.2, 0.25) is 0 Å². The molecule has 0 unspecified atom stereocenters. The Morgan fingerprint density at radius 1 is 1.40 bits per heavy atom. The summed E-state index contributed by atoms with van der Waals surface area (Å²) < 4.78 is 1.39. The monoisotopic (exact) mass is 204 g/mol. The zero-order valence-electron chi connectivity index (χ0n) is 7.95. The average molecular weight is 204 g/mol. The fraction of sp³-hybridized carbons (Fsp3) is 0.111. The molecule has 2 aromatic heterocycles. The normalized spacial score (nSPS) is 10.2. The molecule has 2 heterocycles. The molecule has 0 saturated heterocycles. The SMILES string of the molecule is Cc1cnn(-c2nccnc2C(=O)O)c1. The molecule has 0 spiro atoms. The predicted octanol–water partition coefficient (Wildman–Crippen LogP) is 0.669.